The molecule has 0 aliphatic heterocycles. The Hall–Kier alpha value is -2.64. The summed E-state index contributed by atoms with van der Waals surface area (Å²) < 4.78 is 37.1. The molecule has 0 spiro atoms. The monoisotopic (exact) mass is 324 g/mol. The first-order chi connectivity index (χ1) is 10.8. The van der Waals surface area contributed by atoms with Crippen LogP contribution in [0.1, 0.15) is 16.8 Å². The molecule has 1 amide bonds. The highest BCUT2D eigenvalue weighted by Gasteiger charge is 2.32. The summed E-state index contributed by atoms with van der Waals surface area (Å²) in [6.45, 7) is 3.61. The van der Waals surface area contributed by atoms with Crippen LogP contribution in [0.25, 0.3) is 0 Å². The maximum absolute atomic E-state index is 12.4. The van der Waals surface area contributed by atoms with Gasteiger partial charge in [-0.25, -0.2) is 0 Å². The third-order valence-corrected chi connectivity index (χ3v) is 3.13. The third-order valence-electron chi connectivity index (χ3n) is 3.13. The molecule has 1 heterocycles. The van der Waals surface area contributed by atoms with Gasteiger partial charge in [0.2, 0.25) is 5.91 Å². The molecule has 5 nitrogen and oxygen atoms in total. The molecule has 2 rings (SSSR count). The SMILES string of the molecule is Cc1cccc(C)c1NC(=O)CNc1ccc(C(F)(F)F)nn1. The highest BCUT2D eigenvalue weighted by atomic mass is 19.4. The lowest BCUT2D eigenvalue weighted by Crippen LogP contribution is -2.23. The van der Waals surface area contributed by atoms with Crippen LogP contribution in [0.15, 0.2) is 30.3 Å². The van der Waals surface area contributed by atoms with Gasteiger partial charge in [0.15, 0.2) is 5.69 Å². The van der Waals surface area contributed by atoms with E-state index >= 15 is 0 Å². The van der Waals surface area contributed by atoms with E-state index in [9.17, 15) is 18.0 Å². The molecule has 1 aromatic carbocycles. The van der Waals surface area contributed by atoms with Crippen LogP contribution >= 0.6 is 0 Å². The molecule has 122 valence electrons. The van der Waals surface area contributed by atoms with Crippen molar-refractivity contribution in [2.24, 2.45) is 0 Å². The molecule has 0 radical (unpaired) electrons. The van der Waals surface area contributed by atoms with Crippen molar-refractivity contribution in [1.29, 1.82) is 0 Å². The molecule has 8 heteroatoms. The normalized spacial score (nSPS) is 11.2. The highest BCUT2D eigenvalue weighted by molar-refractivity contribution is 5.95. The number of carbonyl (C=O) groups is 1. The summed E-state index contributed by atoms with van der Waals surface area (Å²) >= 11 is 0. The molecule has 0 bridgehead atoms. The molecule has 2 N–H and O–H groups in total. The summed E-state index contributed by atoms with van der Waals surface area (Å²) in [5, 5.41) is 11.9. The Morgan fingerprint density at radius 3 is 2.26 bits per heavy atom. The number of hydrogen-bond donors (Lipinski definition) is 2. The third kappa shape index (κ3) is 4.41. The first-order valence-electron chi connectivity index (χ1n) is 6.78. The van der Waals surface area contributed by atoms with E-state index in [1.807, 2.05) is 32.0 Å². The lowest BCUT2D eigenvalue weighted by Gasteiger charge is -2.12. The number of benzene rings is 1. The van der Waals surface area contributed by atoms with Gasteiger partial charge in [0.25, 0.3) is 0 Å². The number of aromatic nitrogens is 2. The van der Waals surface area contributed by atoms with Crippen molar-refractivity contribution in [3.63, 3.8) is 0 Å². The van der Waals surface area contributed by atoms with Gasteiger partial charge in [-0.1, -0.05) is 18.2 Å². The van der Waals surface area contributed by atoms with E-state index in [0.29, 0.717) is 0 Å². The number of hydrogen-bond acceptors (Lipinski definition) is 4. The number of amides is 1. The molecule has 0 unspecified atom stereocenters. The fourth-order valence-corrected chi connectivity index (χ4v) is 1.94. The molecule has 23 heavy (non-hydrogen) atoms. The van der Waals surface area contributed by atoms with Gasteiger partial charge in [-0.2, -0.15) is 13.2 Å². The van der Waals surface area contributed by atoms with Crippen molar-refractivity contribution in [3.8, 4) is 0 Å². The van der Waals surface area contributed by atoms with Crippen molar-refractivity contribution in [2.75, 3.05) is 17.2 Å². The van der Waals surface area contributed by atoms with Gasteiger partial charge in [0, 0.05) is 5.69 Å². The number of aryl methyl sites for hydroxylation is 2. The van der Waals surface area contributed by atoms with Crippen LogP contribution in [0.3, 0.4) is 0 Å². The second-order valence-electron chi connectivity index (χ2n) is 4.97. The number of nitrogens with one attached hydrogen (secondary N) is 2. The molecule has 0 saturated carbocycles. The van der Waals surface area contributed by atoms with Gasteiger partial charge in [-0.05, 0) is 37.1 Å². The van der Waals surface area contributed by atoms with Crippen molar-refractivity contribution in [1.82, 2.24) is 10.2 Å². The first-order valence-corrected chi connectivity index (χ1v) is 6.78. The average molecular weight is 324 g/mol. The fraction of sp³-hybridized carbons (Fsp3) is 0.267. The summed E-state index contributed by atoms with van der Waals surface area (Å²) in [5.74, 6) is -0.237. The molecular formula is C15H15F3N4O. The number of rotatable bonds is 4. The molecule has 0 fully saturated rings. The smallest absolute Gasteiger partial charge is 0.360 e. The number of halogens is 3. The maximum atomic E-state index is 12.4. The van der Waals surface area contributed by atoms with Gasteiger partial charge < -0.3 is 10.6 Å². The molecule has 0 atom stereocenters. The van der Waals surface area contributed by atoms with E-state index in [0.717, 1.165) is 28.9 Å². The molecule has 0 saturated heterocycles. The fourth-order valence-electron chi connectivity index (χ4n) is 1.94. The van der Waals surface area contributed by atoms with Gasteiger partial charge in [0.1, 0.15) is 5.82 Å². The number of para-hydroxylation sites is 1. The maximum Gasteiger partial charge on any atom is 0.435 e. The molecule has 0 aliphatic rings. The van der Waals surface area contributed by atoms with E-state index in [1.165, 1.54) is 0 Å². The molecule has 2 aromatic rings. The zero-order valence-corrected chi connectivity index (χ0v) is 12.5. The Morgan fingerprint density at radius 2 is 1.74 bits per heavy atom. The largest absolute Gasteiger partial charge is 0.435 e. The minimum absolute atomic E-state index is 0.0923. The van der Waals surface area contributed by atoms with Crippen LogP contribution < -0.4 is 10.6 Å². The van der Waals surface area contributed by atoms with Crippen molar-refractivity contribution < 1.29 is 18.0 Å². The number of anilines is 2. The second-order valence-corrected chi connectivity index (χ2v) is 4.97. The van der Waals surface area contributed by atoms with Crippen LogP contribution in [0.2, 0.25) is 0 Å². The Bertz CT molecular complexity index is 679. The predicted molar refractivity (Wildman–Crippen MR) is 80.1 cm³/mol. The summed E-state index contributed by atoms with van der Waals surface area (Å²) in [5.41, 5.74) is 1.49. The molecule has 0 aliphatic carbocycles. The second kappa shape index (κ2) is 6.64. The Kier molecular flexibility index (Phi) is 4.83. The number of carbonyl (C=O) groups excluding carboxylic acids is 1. The van der Waals surface area contributed by atoms with Crippen LogP contribution in [0.5, 0.6) is 0 Å². The predicted octanol–water partition coefficient (Wildman–Crippen LogP) is 3.16. The molecular weight excluding hydrogens is 309 g/mol. The average Bonchev–Trinajstić information content (AvgIpc) is 2.48. The summed E-state index contributed by atoms with van der Waals surface area (Å²) in [4.78, 5) is 11.9. The van der Waals surface area contributed by atoms with Crippen molar-refractivity contribution in [2.45, 2.75) is 20.0 Å². The van der Waals surface area contributed by atoms with Crippen LogP contribution in [-0.4, -0.2) is 22.6 Å². The quantitative estimate of drug-likeness (QED) is 0.906. The summed E-state index contributed by atoms with van der Waals surface area (Å²) in [7, 11) is 0. The number of nitrogens with zero attached hydrogens (tertiary/aromatic N) is 2. The van der Waals surface area contributed by atoms with E-state index < -0.39 is 11.9 Å². The molecule has 1 aromatic heterocycles. The topological polar surface area (TPSA) is 66.9 Å². The van der Waals surface area contributed by atoms with E-state index in [1.54, 1.807) is 0 Å². The van der Waals surface area contributed by atoms with Gasteiger partial charge in [-0.3, -0.25) is 4.79 Å². The summed E-state index contributed by atoms with van der Waals surface area (Å²) in [6.07, 6.45) is -4.54. The Labute approximate surface area is 130 Å². The Morgan fingerprint density at radius 1 is 1.09 bits per heavy atom. The van der Waals surface area contributed by atoms with Crippen molar-refractivity contribution in [3.05, 3.63) is 47.2 Å². The Balaban J connectivity index is 1.94. The van der Waals surface area contributed by atoms with Gasteiger partial charge >= 0.3 is 6.18 Å². The lowest BCUT2D eigenvalue weighted by atomic mass is 10.1. The van der Waals surface area contributed by atoms with Crippen molar-refractivity contribution >= 4 is 17.4 Å². The zero-order chi connectivity index (χ0) is 17.0. The minimum atomic E-state index is -4.54. The standard InChI is InChI=1S/C15H15F3N4O/c1-9-4-3-5-10(2)14(9)20-13(23)8-19-12-7-6-11(21-22-12)15(16,17)18/h3-7H,8H2,1-2H3,(H,19,22)(H,20,23). The van der Waals surface area contributed by atoms with Crippen LogP contribution in [-0.2, 0) is 11.0 Å². The van der Waals surface area contributed by atoms with E-state index in [-0.39, 0.29) is 18.3 Å². The van der Waals surface area contributed by atoms with E-state index in [4.69, 9.17) is 0 Å². The van der Waals surface area contributed by atoms with Crippen LogP contribution in [0, 0.1) is 13.8 Å². The lowest BCUT2D eigenvalue weighted by molar-refractivity contribution is -0.141. The van der Waals surface area contributed by atoms with Gasteiger partial charge in [-0.15, -0.1) is 10.2 Å². The highest BCUT2D eigenvalue weighted by Crippen LogP contribution is 2.27. The zero-order valence-electron chi connectivity index (χ0n) is 12.5. The van der Waals surface area contributed by atoms with Gasteiger partial charge in [0.05, 0.1) is 6.54 Å². The summed E-state index contributed by atoms with van der Waals surface area (Å²) in [6, 6.07) is 7.56. The van der Waals surface area contributed by atoms with E-state index in [2.05, 4.69) is 20.8 Å². The number of alkyl halides is 3. The first kappa shape index (κ1) is 16.7. The van der Waals surface area contributed by atoms with Crippen LogP contribution in [0.4, 0.5) is 24.7 Å². The minimum Gasteiger partial charge on any atom is -0.360 e.